The molecule has 3 aromatic rings. The number of phenolic OH excluding ortho intramolecular Hbond substituents is 1. The number of aliphatic hydroxyl groups is 1. The first kappa shape index (κ1) is 20.1. The van der Waals surface area contributed by atoms with Gasteiger partial charge in [-0.2, -0.15) is 0 Å². The van der Waals surface area contributed by atoms with Gasteiger partial charge in [-0.1, -0.05) is 30.3 Å². The van der Waals surface area contributed by atoms with Crippen molar-refractivity contribution in [2.75, 3.05) is 5.32 Å². The second-order valence-electron chi connectivity index (χ2n) is 8.26. The van der Waals surface area contributed by atoms with Gasteiger partial charge in [0.25, 0.3) is 5.91 Å². The summed E-state index contributed by atoms with van der Waals surface area (Å²) in [7, 11) is 0. The van der Waals surface area contributed by atoms with Crippen LogP contribution in [0.15, 0.2) is 60.9 Å². The van der Waals surface area contributed by atoms with Crippen molar-refractivity contribution in [3.8, 4) is 16.9 Å². The van der Waals surface area contributed by atoms with E-state index >= 15 is 0 Å². The predicted octanol–water partition coefficient (Wildman–Crippen LogP) is 3.16. The first-order valence-electron chi connectivity index (χ1n) is 10.4. The Balaban J connectivity index is 1.27. The maximum atomic E-state index is 12.8. The summed E-state index contributed by atoms with van der Waals surface area (Å²) < 4.78 is 5.69. The molecule has 5 rings (SSSR count). The SMILES string of the molecule is O=C1O[C@]2(CC[C@@](O)(C(=O)Nc3ncc(-c4ccc(O)cc4)cn3)CC2)c2ccccc21. The highest BCUT2D eigenvalue weighted by Gasteiger charge is 2.52. The van der Waals surface area contributed by atoms with Gasteiger partial charge in [0.05, 0.1) is 5.56 Å². The van der Waals surface area contributed by atoms with Gasteiger partial charge in [-0.3, -0.25) is 10.1 Å². The molecule has 0 bridgehead atoms. The molecule has 1 aromatic heterocycles. The van der Waals surface area contributed by atoms with Crippen molar-refractivity contribution in [1.82, 2.24) is 9.97 Å². The van der Waals surface area contributed by atoms with E-state index in [1.165, 1.54) is 0 Å². The molecular weight excluding hydrogens is 410 g/mol. The quantitative estimate of drug-likeness (QED) is 0.545. The summed E-state index contributed by atoms with van der Waals surface area (Å²) in [6.07, 6.45) is 4.10. The van der Waals surface area contributed by atoms with Crippen molar-refractivity contribution in [2.45, 2.75) is 36.9 Å². The Bertz CT molecular complexity index is 1180. The summed E-state index contributed by atoms with van der Waals surface area (Å²) >= 11 is 0. The van der Waals surface area contributed by atoms with Gasteiger partial charge in [-0.25, -0.2) is 14.8 Å². The summed E-state index contributed by atoms with van der Waals surface area (Å²) in [5, 5.41) is 23.0. The van der Waals surface area contributed by atoms with Crippen LogP contribution in [0.2, 0.25) is 0 Å². The van der Waals surface area contributed by atoms with Gasteiger partial charge in [-0.05, 0) is 49.4 Å². The number of nitrogens with zero attached hydrogens (tertiary/aromatic N) is 2. The third kappa shape index (κ3) is 3.38. The second kappa shape index (κ2) is 7.42. The first-order valence-corrected chi connectivity index (χ1v) is 10.4. The third-order valence-electron chi connectivity index (χ3n) is 6.31. The Labute approximate surface area is 183 Å². The van der Waals surface area contributed by atoms with Crippen LogP contribution in [-0.4, -0.2) is 37.7 Å². The molecule has 2 aliphatic rings. The number of esters is 1. The number of fused-ring (bicyclic) bond motifs is 2. The van der Waals surface area contributed by atoms with E-state index in [4.69, 9.17) is 4.74 Å². The zero-order valence-electron chi connectivity index (χ0n) is 17.1. The number of rotatable bonds is 3. The Hall–Kier alpha value is -3.78. The monoisotopic (exact) mass is 431 g/mol. The number of amides is 1. The summed E-state index contributed by atoms with van der Waals surface area (Å²) in [6, 6.07) is 13.9. The smallest absolute Gasteiger partial charge is 0.339 e. The van der Waals surface area contributed by atoms with Crippen molar-refractivity contribution >= 4 is 17.8 Å². The number of anilines is 1. The number of aromatic hydroxyl groups is 1. The van der Waals surface area contributed by atoms with E-state index in [1.807, 2.05) is 12.1 Å². The van der Waals surface area contributed by atoms with Crippen molar-refractivity contribution in [3.05, 3.63) is 72.1 Å². The number of aromatic nitrogens is 2. The molecule has 0 saturated heterocycles. The van der Waals surface area contributed by atoms with Gasteiger partial charge in [-0.15, -0.1) is 0 Å². The lowest BCUT2D eigenvalue weighted by molar-refractivity contribution is -0.144. The van der Waals surface area contributed by atoms with Crippen LogP contribution in [0.25, 0.3) is 11.1 Å². The Morgan fingerprint density at radius 3 is 2.28 bits per heavy atom. The van der Waals surface area contributed by atoms with Crippen molar-refractivity contribution in [3.63, 3.8) is 0 Å². The molecule has 2 aromatic carbocycles. The highest BCUT2D eigenvalue weighted by atomic mass is 16.6. The van der Waals surface area contributed by atoms with Crippen LogP contribution < -0.4 is 5.32 Å². The molecule has 1 spiro atoms. The van der Waals surface area contributed by atoms with E-state index in [0.29, 0.717) is 18.4 Å². The molecule has 162 valence electrons. The largest absolute Gasteiger partial charge is 0.508 e. The minimum atomic E-state index is -1.60. The van der Waals surface area contributed by atoms with Crippen LogP contribution in [0, 0.1) is 0 Å². The molecule has 8 nitrogen and oxygen atoms in total. The molecular formula is C24H21N3O5. The maximum absolute atomic E-state index is 12.8. The van der Waals surface area contributed by atoms with Crippen LogP contribution in [0.5, 0.6) is 5.75 Å². The van der Waals surface area contributed by atoms with E-state index in [1.54, 1.807) is 48.8 Å². The van der Waals surface area contributed by atoms with Crippen molar-refractivity contribution < 1.29 is 24.5 Å². The molecule has 0 atom stereocenters. The van der Waals surface area contributed by atoms with E-state index < -0.39 is 17.1 Å². The molecule has 0 unspecified atom stereocenters. The third-order valence-corrected chi connectivity index (χ3v) is 6.31. The van der Waals surface area contributed by atoms with Gasteiger partial charge < -0.3 is 14.9 Å². The molecule has 8 heteroatoms. The minimum Gasteiger partial charge on any atom is -0.508 e. The lowest BCUT2D eigenvalue weighted by Crippen LogP contribution is -2.49. The topological polar surface area (TPSA) is 122 Å². The fourth-order valence-corrected chi connectivity index (χ4v) is 4.43. The number of carbonyl (C=O) groups is 2. The van der Waals surface area contributed by atoms with Crippen LogP contribution in [0.3, 0.4) is 0 Å². The van der Waals surface area contributed by atoms with Gasteiger partial charge in [0.1, 0.15) is 17.0 Å². The fraction of sp³-hybridized carbons (Fsp3) is 0.250. The average Bonchev–Trinajstić information content (AvgIpc) is 3.09. The van der Waals surface area contributed by atoms with Crippen LogP contribution in [0.4, 0.5) is 5.95 Å². The maximum Gasteiger partial charge on any atom is 0.339 e. The molecule has 1 aliphatic carbocycles. The molecule has 1 saturated carbocycles. The van der Waals surface area contributed by atoms with Gasteiger partial charge in [0, 0.05) is 23.5 Å². The van der Waals surface area contributed by atoms with Crippen LogP contribution >= 0.6 is 0 Å². The van der Waals surface area contributed by atoms with E-state index in [-0.39, 0.29) is 30.5 Å². The minimum absolute atomic E-state index is 0.0869. The molecule has 3 N–H and O–H groups in total. The Kier molecular flexibility index (Phi) is 4.67. The zero-order valence-corrected chi connectivity index (χ0v) is 17.1. The van der Waals surface area contributed by atoms with Crippen molar-refractivity contribution in [2.24, 2.45) is 0 Å². The van der Waals surface area contributed by atoms with Crippen LogP contribution in [-0.2, 0) is 15.1 Å². The number of hydrogen-bond donors (Lipinski definition) is 3. The normalized spacial score (nSPS) is 24.1. The second-order valence-corrected chi connectivity index (χ2v) is 8.26. The lowest BCUT2D eigenvalue weighted by Gasteiger charge is -2.40. The number of hydrogen-bond acceptors (Lipinski definition) is 7. The predicted molar refractivity (Wildman–Crippen MR) is 115 cm³/mol. The van der Waals surface area contributed by atoms with Gasteiger partial charge >= 0.3 is 5.97 Å². The van der Waals surface area contributed by atoms with Gasteiger partial charge in [0.2, 0.25) is 5.95 Å². The molecule has 2 heterocycles. The van der Waals surface area contributed by atoms with E-state index in [0.717, 1.165) is 16.7 Å². The number of carbonyl (C=O) groups excluding carboxylic acids is 2. The van der Waals surface area contributed by atoms with E-state index in [2.05, 4.69) is 15.3 Å². The number of phenols is 1. The highest BCUT2D eigenvalue weighted by Crippen LogP contribution is 2.49. The zero-order chi connectivity index (χ0) is 22.3. The standard InChI is InChI=1S/C24H21N3O5/c28-17-7-5-15(6-8-17)16-13-25-22(26-14-16)27-21(30)23(31)9-11-24(12-10-23)19-4-2-1-3-18(19)20(29)32-24/h1-8,13-14,28,31H,9-12H2,(H,25,26,27,30)/t23-,24-. The Morgan fingerprint density at radius 1 is 0.938 bits per heavy atom. The van der Waals surface area contributed by atoms with E-state index in [9.17, 15) is 19.8 Å². The number of ether oxygens (including phenoxy) is 1. The average molecular weight is 431 g/mol. The number of benzene rings is 2. The molecule has 1 aliphatic heterocycles. The summed E-state index contributed by atoms with van der Waals surface area (Å²) in [4.78, 5) is 33.4. The fourth-order valence-electron chi connectivity index (χ4n) is 4.43. The molecule has 0 radical (unpaired) electrons. The number of nitrogens with one attached hydrogen (secondary N) is 1. The highest BCUT2D eigenvalue weighted by molar-refractivity contribution is 5.97. The Morgan fingerprint density at radius 2 is 1.59 bits per heavy atom. The molecule has 1 amide bonds. The molecule has 1 fully saturated rings. The summed E-state index contributed by atoms with van der Waals surface area (Å²) in [5.74, 6) is -0.694. The summed E-state index contributed by atoms with van der Waals surface area (Å²) in [5.41, 5.74) is 0.521. The summed E-state index contributed by atoms with van der Waals surface area (Å²) in [6.45, 7) is 0. The lowest BCUT2D eigenvalue weighted by atomic mass is 9.72. The van der Waals surface area contributed by atoms with Crippen LogP contribution in [0.1, 0.15) is 41.6 Å². The molecule has 32 heavy (non-hydrogen) atoms. The van der Waals surface area contributed by atoms with Gasteiger partial charge in [0.15, 0.2) is 0 Å². The first-order chi connectivity index (χ1) is 15.4. The van der Waals surface area contributed by atoms with Crippen molar-refractivity contribution in [1.29, 1.82) is 0 Å².